The maximum absolute atomic E-state index is 13.6. The van der Waals surface area contributed by atoms with Gasteiger partial charge in [0.05, 0.1) is 36.4 Å². The number of hydrogen-bond acceptors (Lipinski definition) is 8. The summed E-state index contributed by atoms with van der Waals surface area (Å²) in [6.07, 6.45) is -2.52. The number of rotatable bonds is 9. The van der Waals surface area contributed by atoms with Crippen LogP contribution in [-0.2, 0) is 10.9 Å². The molecule has 0 radical (unpaired) electrons. The largest absolute Gasteiger partial charge is 0.493 e. The number of aromatic nitrogens is 2. The molecule has 0 saturated carbocycles. The van der Waals surface area contributed by atoms with Crippen LogP contribution in [0.5, 0.6) is 11.5 Å². The van der Waals surface area contributed by atoms with Crippen LogP contribution in [0.25, 0.3) is 10.9 Å². The number of methoxy groups -OCH3 is 2. The van der Waals surface area contributed by atoms with Crippen LogP contribution in [0.4, 0.5) is 24.7 Å². The first kappa shape index (κ1) is 28.7. The molecule has 2 atom stereocenters. The summed E-state index contributed by atoms with van der Waals surface area (Å²) in [6.45, 7) is 6.87. The van der Waals surface area contributed by atoms with Crippen LogP contribution in [0, 0.1) is 13.8 Å². The van der Waals surface area contributed by atoms with E-state index >= 15 is 0 Å². The molecule has 8 nitrogen and oxygen atoms in total. The highest BCUT2D eigenvalue weighted by molar-refractivity contribution is 5.92. The number of hydrogen-bond donors (Lipinski definition) is 2. The number of anilines is 2. The Morgan fingerprint density at radius 1 is 1.10 bits per heavy atom. The second-order valence-corrected chi connectivity index (χ2v) is 10.3. The molecule has 1 fully saturated rings. The highest BCUT2D eigenvalue weighted by Crippen LogP contribution is 2.39. The maximum Gasteiger partial charge on any atom is 0.416 e. The minimum absolute atomic E-state index is 0.0441. The molecule has 3 aromatic rings. The van der Waals surface area contributed by atoms with Crippen molar-refractivity contribution in [2.45, 2.75) is 51.4 Å². The van der Waals surface area contributed by atoms with Crippen LogP contribution in [0.3, 0.4) is 0 Å². The molecule has 0 amide bonds. The van der Waals surface area contributed by atoms with Gasteiger partial charge in [-0.2, -0.15) is 13.2 Å². The smallest absolute Gasteiger partial charge is 0.416 e. The van der Waals surface area contributed by atoms with Gasteiger partial charge >= 0.3 is 6.18 Å². The lowest BCUT2D eigenvalue weighted by Crippen LogP contribution is -2.50. The lowest BCUT2D eigenvalue weighted by atomic mass is 9.96. The summed E-state index contributed by atoms with van der Waals surface area (Å²) < 4.78 is 58.4. The normalized spacial score (nSPS) is 18.9. The van der Waals surface area contributed by atoms with Gasteiger partial charge < -0.3 is 25.3 Å². The first-order chi connectivity index (χ1) is 18.4. The van der Waals surface area contributed by atoms with E-state index < -0.39 is 17.8 Å². The number of nitrogen functional groups attached to an aromatic ring is 1. The van der Waals surface area contributed by atoms with Gasteiger partial charge in [-0.15, -0.1) is 0 Å². The Bertz CT molecular complexity index is 1350. The first-order valence-electron chi connectivity index (χ1n) is 12.8. The molecule has 212 valence electrons. The Morgan fingerprint density at radius 2 is 1.85 bits per heavy atom. The average molecular weight is 548 g/mol. The van der Waals surface area contributed by atoms with Crippen molar-refractivity contribution in [3.63, 3.8) is 0 Å². The molecule has 2 heterocycles. The van der Waals surface area contributed by atoms with Crippen molar-refractivity contribution in [3.8, 4) is 11.5 Å². The standard InChI is InChI=1S/C28H36F3N5O3/c1-16-20(10-19(32)11-22(16)28(29,30)31)17(2)33-26-21-12-25(24(38-6)13-23(21)34-18(3)35-26)39-15-27(14-37-5)8-7-9-36(27)4/h10-13,17H,7-9,14-15,32H2,1-6H3,(H,33,34,35)/t17-,27+/m1/s1. The Labute approximate surface area is 226 Å². The van der Waals surface area contributed by atoms with Crippen LogP contribution in [0.15, 0.2) is 24.3 Å². The second kappa shape index (κ2) is 11.1. The molecule has 0 bridgehead atoms. The van der Waals surface area contributed by atoms with Gasteiger partial charge in [-0.05, 0) is 76.5 Å². The van der Waals surface area contributed by atoms with Crippen LogP contribution in [0.2, 0.25) is 0 Å². The molecule has 1 aromatic heterocycles. The van der Waals surface area contributed by atoms with E-state index in [1.807, 2.05) is 6.07 Å². The Morgan fingerprint density at radius 3 is 2.46 bits per heavy atom. The monoisotopic (exact) mass is 547 g/mol. The molecule has 0 aliphatic carbocycles. The number of halogens is 3. The van der Waals surface area contributed by atoms with Gasteiger partial charge in [-0.3, -0.25) is 4.90 Å². The van der Waals surface area contributed by atoms with Crippen molar-refractivity contribution in [2.75, 3.05) is 52.1 Å². The minimum Gasteiger partial charge on any atom is -0.493 e. The molecule has 1 aliphatic heterocycles. The third kappa shape index (κ3) is 5.84. The third-order valence-electron chi connectivity index (χ3n) is 7.54. The topological polar surface area (TPSA) is 94.8 Å². The number of ether oxygens (including phenoxy) is 3. The molecule has 0 unspecified atom stereocenters. The first-order valence-corrected chi connectivity index (χ1v) is 12.8. The van der Waals surface area contributed by atoms with Gasteiger partial charge in [0.2, 0.25) is 0 Å². The van der Waals surface area contributed by atoms with Crippen molar-refractivity contribution in [3.05, 3.63) is 46.8 Å². The van der Waals surface area contributed by atoms with Crippen molar-refractivity contribution in [1.82, 2.24) is 14.9 Å². The Kier molecular flexibility index (Phi) is 8.13. The summed E-state index contributed by atoms with van der Waals surface area (Å²) in [5.41, 5.74) is 6.05. The van der Waals surface area contributed by atoms with Crippen molar-refractivity contribution < 1.29 is 27.4 Å². The highest BCUT2D eigenvalue weighted by Gasteiger charge is 2.40. The molecular formula is C28H36F3N5O3. The molecule has 39 heavy (non-hydrogen) atoms. The van der Waals surface area contributed by atoms with E-state index in [-0.39, 0.29) is 16.8 Å². The second-order valence-electron chi connectivity index (χ2n) is 10.3. The van der Waals surface area contributed by atoms with Crippen LogP contribution in [-0.4, -0.2) is 61.4 Å². The number of fused-ring (bicyclic) bond motifs is 1. The predicted molar refractivity (Wildman–Crippen MR) is 145 cm³/mol. The average Bonchev–Trinajstić information content (AvgIpc) is 3.22. The highest BCUT2D eigenvalue weighted by atomic mass is 19.4. The minimum atomic E-state index is -4.51. The fraction of sp³-hybridized carbons (Fsp3) is 0.500. The van der Waals surface area contributed by atoms with Crippen molar-refractivity contribution in [1.29, 1.82) is 0 Å². The van der Waals surface area contributed by atoms with Gasteiger partial charge in [0.25, 0.3) is 0 Å². The molecule has 4 rings (SSSR count). The fourth-order valence-corrected chi connectivity index (χ4v) is 5.38. The van der Waals surface area contributed by atoms with E-state index in [0.717, 1.165) is 25.5 Å². The Hall–Kier alpha value is -3.31. The zero-order valence-electron chi connectivity index (χ0n) is 23.2. The van der Waals surface area contributed by atoms with E-state index in [0.29, 0.717) is 52.8 Å². The van der Waals surface area contributed by atoms with Crippen molar-refractivity contribution >= 4 is 22.4 Å². The number of likely N-dealkylation sites (N-methyl/N-ethyl adjacent to an activating group) is 1. The van der Waals surface area contributed by atoms with E-state index in [4.69, 9.17) is 19.9 Å². The van der Waals surface area contributed by atoms with Gasteiger partial charge in [-0.1, -0.05) is 0 Å². The maximum atomic E-state index is 13.6. The van der Waals surface area contributed by atoms with E-state index in [2.05, 4.69) is 27.2 Å². The molecule has 3 N–H and O–H groups in total. The summed E-state index contributed by atoms with van der Waals surface area (Å²) >= 11 is 0. The summed E-state index contributed by atoms with van der Waals surface area (Å²) in [7, 11) is 5.31. The molecule has 11 heteroatoms. The number of nitrogens with two attached hydrogens (primary N) is 1. The fourth-order valence-electron chi connectivity index (χ4n) is 5.38. The zero-order valence-corrected chi connectivity index (χ0v) is 23.2. The number of nitrogens with zero attached hydrogens (tertiary/aromatic N) is 3. The number of nitrogens with one attached hydrogen (secondary N) is 1. The van der Waals surface area contributed by atoms with Gasteiger partial charge in [0, 0.05) is 24.2 Å². The van der Waals surface area contributed by atoms with Gasteiger partial charge in [-0.25, -0.2) is 9.97 Å². The van der Waals surface area contributed by atoms with Gasteiger partial charge in [0.1, 0.15) is 18.2 Å². The van der Waals surface area contributed by atoms with Gasteiger partial charge in [0.15, 0.2) is 11.5 Å². The number of alkyl halides is 3. The molecule has 0 spiro atoms. The number of likely N-dealkylation sites (tertiary alicyclic amines) is 1. The molecule has 1 aliphatic rings. The lowest BCUT2D eigenvalue weighted by molar-refractivity contribution is -0.138. The number of aryl methyl sites for hydroxylation is 1. The van der Waals surface area contributed by atoms with Crippen LogP contribution in [0.1, 0.15) is 48.3 Å². The summed E-state index contributed by atoms with van der Waals surface area (Å²) in [5, 5.41) is 3.94. The SMILES string of the molecule is COC[C@]1(COc2cc3c(N[C@H](C)c4cc(N)cc(C(F)(F)F)c4C)nc(C)nc3cc2OC)CCCN1C. The molecule has 1 saturated heterocycles. The summed E-state index contributed by atoms with van der Waals surface area (Å²) in [5.74, 6) is 2.01. The van der Waals surface area contributed by atoms with Crippen LogP contribution < -0.4 is 20.5 Å². The van der Waals surface area contributed by atoms with E-state index in [1.54, 1.807) is 40.2 Å². The molecule has 2 aromatic carbocycles. The van der Waals surface area contributed by atoms with E-state index in [1.165, 1.54) is 6.92 Å². The third-order valence-corrected chi connectivity index (χ3v) is 7.54. The summed E-state index contributed by atoms with van der Waals surface area (Å²) in [4.78, 5) is 11.4. The lowest BCUT2D eigenvalue weighted by Gasteiger charge is -2.35. The molecular weight excluding hydrogens is 511 g/mol. The Balaban J connectivity index is 1.71. The zero-order chi connectivity index (χ0) is 28.5. The quantitative estimate of drug-likeness (QED) is 0.338. The van der Waals surface area contributed by atoms with Crippen LogP contribution >= 0.6 is 0 Å². The van der Waals surface area contributed by atoms with Crippen molar-refractivity contribution in [2.24, 2.45) is 0 Å². The number of benzene rings is 2. The predicted octanol–water partition coefficient (Wildman–Crippen LogP) is 5.52. The summed E-state index contributed by atoms with van der Waals surface area (Å²) in [6, 6.07) is 5.58. The van der Waals surface area contributed by atoms with E-state index in [9.17, 15) is 13.2 Å².